The summed E-state index contributed by atoms with van der Waals surface area (Å²) in [4.78, 5) is 23.8. The quantitative estimate of drug-likeness (QED) is 0.895. The Kier molecular flexibility index (Phi) is 4.99. The number of carboxylic acids is 1. The SMILES string of the molecule is Cc1ccc(C(=O)NC(C(=O)O)C2CCCCC2)cc1C. The largest absolute Gasteiger partial charge is 0.480 e. The van der Waals surface area contributed by atoms with Gasteiger partial charge in [0.1, 0.15) is 6.04 Å². The highest BCUT2D eigenvalue weighted by Gasteiger charge is 2.30. The van der Waals surface area contributed by atoms with Crippen LogP contribution in [0.4, 0.5) is 0 Å². The van der Waals surface area contributed by atoms with Gasteiger partial charge in [-0.3, -0.25) is 4.79 Å². The Morgan fingerprint density at radius 3 is 2.38 bits per heavy atom. The number of benzene rings is 1. The lowest BCUT2D eigenvalue weighted by Crippen LogP contribution is -2.46. The van der Waals surface area contributed by atoms with Crippen molar-refractivity contribution in [3.63, 3.8) is 0 Å². The Morgan fingerprint density at radius 1 is 1.14 bits per heavy atom. The summed E-state index contributed by atoms with van der Waals surface area (Å²) in [6.45, 7) is 3.93. The first-order valence-electron chi connectivity index (χ1n) is 7.60. The third-order valence-electron chi connectivity index (χ3n) is 4.44. The topological polar surface area (TPSA) is 66.4 Å². The van der Waals surface area contributed by atoms with Crippen molar-refractivity contribution in [2.45, 2.75) is 52.0 Å². The second kappa shape index (κ2) is 6.74. The summed E-state index contributed by atoms with van der Waals surface area (Å²) in [5.41, 5.74) is 2.68. The number of nitrogens with one attached hydrogen (secondary N) is 1. The molecule has 4 nitrogen and oxygen atoms in total. The first-order valence-corrected chi connectivity index (χ1v) is 7.60. The van der Waals surface area contributed by atoms with Crippen LogP contribution in [0.1, 0.15) is 53.6 Å². The molecule has 1 aromatic rings. The fourth-order valence-electron chi connectivity index (χ4n) is 2.96. The average Bonchev–Trinajstić information content (AvgIpc) is 2.48. The molecule has 114 valence electrons. The van der Waals surface area contributed by atoms with Gasteiger partial charge in [-0.25, -0.2) is 4.79 Å². The molecule has 21 heavy (non-hydrogen) atoms. The molecule has 0 radical (unpaired) electrons. The van der Waals surface area contributed by atoms with Crippen LogP contribution in [0.5, 0.6) is 0 Å². The normalized spacial score (nSPS) is 17.2. The van der Waals surface area contributed by atoms with E-state index in [2.05, 4.69) is 5.32 Å². The number of amides is 1. The summed E-state index contributed by atoms with van der Waals surface area (Å²) in [7, 11) is 0. The zero-order valence-corrected chi connectivity index (χ0v) is 12.7. The van der Waals surface area contributed by atoms with Crippen molar-refractivity contribution in [2.75, 3.05) is 0 Å². The average molecular weight is 289 g/mol. The van der Waals surface area contributed by atoms with Gasteiger partial charge in [-0.15, -0.1) is 0 Å². The summed E-state index contributed by atoms with van der Waals surface area (Å²) in [5.74, 6) is -1.18. The Bertz CT molecular complexity index is 533. The third kappa shape index (κ3) is 3.84. The standard InChI is InChI=1S/C17H23NO3/c1-11-8-9-14(10-12(11)2)16(19)18-15(17(20)21)13-6-4-3-5-7-13/h8-10,13,15H,3-7H2,1-2H3,(H,18,19)(H,20,21). The first-order chi connectivity index (χ1) is 9.99. The molecule has 0 bridgehead atoms. The van der Waals surface area contributed by atoms with E-state index in [4.69, 9.17) is 0 Å². The fraction of sp³-hybridized carbons (Fsp3) is 0.529. The van der Waals surface area contributed by atoms with Crippen LogP contribution >= 0.6 is 0 Å². The minimum Gasteiger partial charge on any atom is -0.480 e. The van der Waals surface area contributed by atoms with Gasteiger partial charge in [-0.2, -0.15) is 0 Å². The van der Waals surface area contributed by atoms with Crippen LogP contribution in [0.2, 0.25) is 0 Å². The number of aliphatic carboxylic acids is 1. The molecule has 1 aliphatic rings. The van der Waals surface area contributed by atoms with E-state index in [-0.39, 0.29) is 11.8 Å². The monoisotopic (exact) mass is 289 g/mol. The molecule has 0 heterocycles. The minimum atomic E-state index is -0.931. The van der Waals surface area contributed by atoms with E-state index in [1.807, 2.05) is 26.0 Å². The third-order valence-corrected chi connectivity index (χ3v) is 4.44. The van der Waals surface area contributed by atoms with Crippen LogP contribution in [0.15, 0.2) is 18.2 Å². The second-order valence-corrected chi connectivity index (χ2v) is 5.99. The van der Waals surface area contributed by atoms with E-state index >= 15 is 0 Å². The molecule has 0 saturated heterocycles. The molecule has 1 aliphatic carbocycles. The predicted molar refractivity (Wildman–Crippen MR) is 81.4 cm³/mol. The van der Waals surface area contributed by atoms with Gasteiger partial charge in [-0.05, 0) is 55.9 Å². The van der Waals surface area contributed by atoms with E-state index in [0.717, 1.165) is 43.2 Å². The van der Waals surface area contributed by atoms with Crippen molar-refractivity contribution in [1.29, 1.82) is 0 Å². The zero-order valence-electron chi connectivity index (χ0n) is 12.7. The molecule has 4 heteroatoms. The zero-order chi connectivity index (χ0) is 15.4. The van der Waals surface area contributed by atoms with E-state index in [0.29, 0.717) is 5.56 Å². The van der Waals surface area contributed by atoms with Gasteiger partial charge in [-0.1, -0.05) is 25.3 Å². The molecule has 2 rings (SSSR count). The molecule has 1 fully saturated rings. The second-order valence-electron chi connectivity index (χ2n) is 5.99. The van der Waals surface area contributed by atoms with Crippen molar-refractivity contribution >= 4 is 11.9 Å². The number of rotatable bonds is 4. The minimum absolute atomic E-state index is 0.0479. The molecule has 0 aliphatic heterocycles. The molecule has 1 unspecified atom stereocenters. The Balaban J connectivity index is 2.10. The van der Waals surface area contributed by atoms with Crippen LogP contribution in [0.3, 0.4) is 0 Å². The van der Waals surface area contributed by atoms with Crippen molar-refractivity contribution in [1.82, 2.24) is 5.32 Å². The summed E-state index contributed by atoms with van der Waals surface area (Å²) < 4.78 is 0. The molecule has 1 aromatic carbocycles. The highest BCUT2D eigenvalue weighted by Crippen LogP contribution is 2.27. The maximum atomic E-state index is 12.3. The number of carbonyl (C=O) groups is 2. The van der Waals surface area contributed by atoms with Gasteiger partial charge >= 0.3 is 5.97 Å². The molecule has 1 amide bonds. The van der Waals surface area contributed by atoms with Crippen LogP contribution in [-0.2, 0) is 4.79 Å². The van der Waals surface area contributed by atoms with Crippen molar-refractivity contribution in [2.24, 2.45) is 5.92 Å². The van der Waals surface area contributed by atoms with Gasteiger partial charge in [0.2, 0.25) is 0 Å². The maximum absolute atomic E-state index is 12.3. The van der Waals surface area contributed by atoms with Gasteiger partial charge < -0.3 is 10.4 Å². The van der Waals surface area contributed by atoms with Crippen molar-refractivity contribution in [3.8, 4) is 0 Å². The van der Waals surface area contributed by atoms with Gasteiger partial charge in [0.05, 0.1) is 0 Å². The molecule has 1 saturated carbocycles. The highest BCUT2D eigenvalue weighted by atomic mass is 16.4. The Morgan fingerprint density at radius 2 is 1.81 bits per heavy atom. The summed E-state index contributed by atoms with van der Waals surface area (Å²) in [5, 5.41) is 12.1. The molecule has 1 atom stereocenters. The lowest BCUT2D eigenvalue weighted by atomic mass is 9.84. The number of carboxylic acid groups (broad SMARTS) is 1. The summed E-state index contributed by atoms with van der Waals surface area (Å²) in [6.07, 6.45) is 5.02. The van der Waals surface area contributed by atoms with Crippen molar-refractivity contribution < 1.29 is 14.7 Å². The molecular weight excluding hydrogens is 266 g/mol. The Hall–Kier alpha value is -1.84. The molecular formula is C17H23NO3. The van der Waals surface area contributed by atoms with E-state index in [1.165, 1.54) is 0 Å². The lowest BCUT2D eigenvalue weighted by Gasteiger charge is -2.28. The number of hydrogen-bond acceptors (Lipinski definition) is 2. The number of hydrogen-bond donors (Lipinski definition) is 2. The van der Waals surface area contributed by atoms with E-state index in [9.17, 15) is 14.7 Å². The van der Waals surface area contributed by atoms with Crippen LogP contribution in [0.25, 0.3) is 0 Å². The van der Waals surface area contributed by atoms with Gasteiger partial charge in [0.15, 0.2) is 0 Å². The summed E-state index contributed by atoms with van der Waals surface area (Å²) >= 11 is 0. The smallest absolute Gasteiger partial charge is 0.326 e. The van der Waals surface area contributed by atoms with Gasteiger partial charge in [0, 0.05) is 5.56 Å². The number of aryl methyl sites for hydroxylation is 2. The highest BCUT2D eigenvalue weighted by molar-refractivity contribution is 5.96. The predicted octanol–water partition coefficient (Wildman–Crippen LogP) is 3.07. The van der Waals surface area contributed by atoms with E-state index < -0.39 is 12.0 Å². The van der Waals surface area contributed by atoms with Crippen LogP contribution < -0.4 is 5.32 Å². The molecule has 2 N–H and O–H groups in total. The maximum Gasteiger partial charge on any atom is 0.326 e. The number of carbonyl (C=O) groups excluding carboxylic acids is 1. The van der Waals surface area contributed by atoms with Crippen molar-refractivity contribution in [3.05, 3.63) is 34.9 Å². The summed E-state index contributed by atoms with van der Waals surface area (Å²) in [6, 6.07) is 4.67. The first kappa shape index (κ1) is 15.5. The van der Waals surface area contributed by atoms with Crippen LogP contribution in [-0.4, -0.2) is 23.0 Å². The van der Waals surface area contributed by atoms with Crippen LogP contribution in [0, 0.1) is 19.8 Å². The Labute approximate surface area is 125 Å². The van der Waals surface area contributed by atoms with E-state index in [1.54, 1.807) is 6.07 Å². The fourth-order valence-corrected chi connectivity index (χ4v) is 2.96. The van der Waals surface area contributed by atoms with Gasteiger partial charge in [0.25, 0.3) is 5.91 Å². The molecule has 0 aromatic heterocycles. The molecule has 0 spiro atoms. The lowest BCUT2D eigenvalue weighted by molar-refractivity contribution is -0.141.